The second kappa shape index (κ2) is 7.22. The fourth-order valence-electron chi connectivity index (χ4n) is 2.18. The second-order valence-electron chi connectivity index (χ2n) is 4.93. The van der Waals surface area contributed by atoms with Gasteiger partial charge in [-0.2, -0.15) is 0 Å². The minimum absolute atomic E-state index is 0.0215. The van der Waals surface area contributed by atoms with Crippen molar-refractivity contribution >= 4 is 27.5 Å². The highest BCUT2D eigenvalue weighted by Crippen LogP contribution is 2.33. The van der Waals surface area contributed by atoms with Gasteiger partial charge in [0.05, 0.1) is 17.6 Å². The van der Waals surface area contributed by atoms with Gasteiger partial charge in [0.2, 0.25) is 15.7 Å². The average Bonchev–Trinajstić information content (AvgIpc) is 2.61. The minimum Gasteiger partial charge on any atom is -0.495 e. The van der Waals surface area contributed by atoms with Gasteiger partial charge in [0, 0.05) is 18.8 Å². The molecule has 0 spiro atoms. The first-order chi connectivity index (χ1) is 11.8. The van der Waals surface area contributed by atoms with Crippen LogP contribution in [0.2, 0.25) is 0 Å². The predicted molar refractivity (Wildman–Crippen MR) is 91.5 cm³/mol. The summed E-state index contributed by atoms with van der Waals surface area (Å²) in [5, 5.41) is 4.90. The maximum Gasteiger partial charge on any atom is 0.318 e. The van der Waals surface area contributed by atoms with Gasteiger partial charge in [0.25, 0.3) is 0 Å². The molecule has 9 heteroatoms. The molecule has 0 atom stereocenters. The van der Waals surface area contributed by atoms with Crippen molar-refractivity contribution in [3.63, 3.8) is 0 Å². The maximum atomic E-state index is 12.9. The fourth-order valence-corrected chi connectivity index (χ4v) is 3.79. The Balaban J connectivity index is 2.57. The highest BCUT2D eigenvalue weighted by atomic mass is 32.2. The molecule has 0 aliphatic heterocycles. The lowest BCUT2D eigenvalue weighted by atomic mass is 10.2. The monoisotopic (exact) mass is 363 g/mol. The number of ether oxygens (including phenoxy) is 1. The van der Waals surface area contributed by atoms with Crippen LogP contribution in [-0.2, 0) is 9.84 Å². The molecule has 0 aliphatic carbocycles. The van der Waals surface area contributed by atoms with Gasteiger partial charge < -0.3 is 21.1 Å². The molecule has 0 radical (unpaired) electrons. The summed E-state index contributed by atoms with van der Waals surface area (Å²) in [5.41, 5.74) is 5.50. The lowest BCUT2D eigenvalue weighted by molar-refractivity contribution is 0.0997. The first-order valence-electron chi connectivity index (χ1n) is 7.12. The summed E-state index contributed by atoms with van der Waals surface area (Å²) in [6, 6.07) is 9.26. The molecule has 0 bridgehead atoms. The molecule has 2 rings (SSSR count). The first-order valence-corrected chi connectivity index (χ1v) is 8.60. The number of anilines is 1. The zero-order valence-corrected chi connectivity index (χ0v) is 14.4. The highest BCUT2D eigenvalue weighted by molar-refractivity contribution is 7.91. The van der Waals surface area contributed by atoms with Crippen molar-refractivity contribution in [2.24, 2.45) is 5.73 Å². The van der Waals surface area contributed by atoms with Gasteiger partial charge >= 0.3 is 6.03 Å². The van der Waals surface area contributed by atoms with Crippen LogP contribution in [0, 0.1) is 0 Å². The third kappa shape index (κ3) is 3.72. The Bertz CT molecular complexity index is 925. The maximum absolute atomic E-state index is 12.9. The van der Waals surface area contributed by atoms with E-state index < -0.39 is 21.8 Å². The number of carbonyl (C=O) groups is 2. The van der Waals surface area contributed by atoms with Gasteiger partial charge in [-0.3, -0.25) is 4.79 Å². The van der Waals surface area contributed by atoms with Crippen LogP contribution in [0.25, 0.3) is 0 Å². The number of urea groups is 1. The molecule has 0 aromatic heterocycles. The van der Waals surface area contributed by atoms with Crippen molar-refractivity contribution in [2.75, 3.05) is 19.5 Å². The summed E-state index contributed by atoms with van der Waals surface area (Å²) >= 11 is 0. The fraction of sp³-hybridized carbons (Fsp3) is 0.125. The van der Waals surface area contributed by atoms with Crippen molar-refractivity contribution in [1.29, 1.82) is 0 Å². The normalized spacial score (nSPS) is 10.8. The quantitative estimate of drug-likeness (QED) is 0.739. The Hall–Kier alpha value is -3.07. The van der Waals surface area contributed by atoms with Gasteiger partial charge in [0.1, 0.15) is 10.6 Å². The van der Waals surface area contributed by atoms with Crippen LogP contribution in [0.3, 0.4) is 0 Å². The number of primary amides is 1. The number of hydrogen-bond donors (Lipinski definition) is 3. The Morgan fingerprint density at radius 2 is 1.76 bits per heavy atom. The molecule has 0 saturated carbocycles. The smallest absolute Gasteiger partial charge is 0.318 e. The Labute approximate surface area is 144 Å². The van der Waals surface area contributed by atoms with Crippen molar-refractivity contribution in [3.8, 4) is 5.75 Å². The van der Waals surface area contributed by atoms with Gasteiger partial charge in [-0.25, -0.2) is 13.2 Å². The van der Waals surface area contributed by atoms with Crippen LogP contribution in [-0.4, -0.2) is 34.5 Å². The van der Waals surface area contributed by atoms with Crippen LogP contribution < -0.4 is 21.1 Å². The summed E-state index contributed by atoms with van der Waals surface area (Å²) in [6.07, 6.45) is 0. The van der Waals surface area contributed by atoms with Crippen LogP contribution in [0.4, 0.5) is 10.5 Å². The van der Waals surface area contributed by atoms with E-state index in [4.69, 9.17) is 10.5 Å². The van der Waals surface area contributed by atoms with Crippen LogP contribution >= 0.6 is 0 Å². The first kappa shape index (κ1) is 18.3. The van der Waals surface area contributed by atoms with Gasteiger partial charge in [0.15, 0.2) is 0 Å². The molecule has 25 heavy (non-hydrogen) atoms. The van der Waals surface area contributed by atoms with E-state index in [2.05, 4.69) is 10.6 Å². The van der Waals surface area contributed by atoms with E-state index in [1.54, 1.807) is 0 Å². The third-order valence-corrected chi connectivity index (χ3v) is 5.23. The van der Waals surface area contributed by atoms with E-state index >= 15 is 0 Å². The number of carbonyl (C=O) groups excluding carboxylic acids is 2. The number of nitrogens with one attached hydrogen (secondary N) is 2. The summed E-state index contributed by atoms with van der Waals surface area (Å²) in [6.45, 7) is 0. The number of benzene rings is 2. The highest BCUT2D eigenvalue weighted by Gasteiger charge is 2.26. The minimum atomic E-state index is -4.06. The molecule has 4 N–H and O–H groups in total. The van der Waals surface area contributed by atoms with Crippen molar-refractivity contribution in [3.05, 3.63) is 48.0 Å². The van der Waals surface area contributed by atoms with E-state index in [1.807, 2.05) is 0 Å². The number of hydrogen-bond acceptors (Lipinski definition) is 5. The van der Waals surface area contributed by atoms with Crippen molar-refractivity contribution < 1.29 is 22.7 Å². The van der Waals surface area contributed by atoms with E-state index in [0.29, 0.717) is 5.69 Å². The van der Waals surface area contributed by atoms with E-state index in [-0.39, 0.29) is 21.1 Å². The standard InChI is InChI=1S/C16H17N3O5S/c1-18-16(21)19-10-7-8-14(12(9-10)24-2)25(22,23)13-6-4-3-5-11(13)15(17)20/h3-9H,1-2H3,(H2,17,20)(H2,18,19,21). The number of sulfone groups is 1. The van der Waals surface area contributed by atoms with Gasteiger partial charge in [-0.05, 0) is 24.3 Å². The summed E-state index contributed by atoms with van der Waals surface area (Å²) in [5.74, 6) is -0.829. The molecule has 8 nitrogen and oxygen atoms in total. The average molecular weight is 363 g/mol. The third-order valence-electron chi connectivity index (χ3n) is 3.38. The zero-order valence-electron chi connectivity index (χ0n) is 13.6. The number of methoxy groups -OCH3 is 1. The van der Waals surface area contributed by atoms with E-state index in [9.17, 15) is 18.0 Å². The largest absolute Gasteiger partial charge is 0.495 e. The lowest BCUT2D eigenvalue weighted by Gasteiger charge is -2.13. The zero-order chi connectivity index (χ0) is 18.6. The summed E-state index contributed by atoms with van der Waals surface area (Å²) in [7, 11) is -1.31. The molecular weight excluding hydrogens is 346 g/mol. The SMILES string of the molecule is CNC(=O)Nc1ccc(S(=O)(=O)c2ccccc2C(N)=O)c(OC)c1. The van der Waals surface area contributed by atoms with Crippen molar-refractivity contribution in [2.45, 2.75) is 9.79 Å². The molecule has 0 saturated heterocycles. The molecule has 0 aliphatic rings. The lowest BCUT2D eigenvalue weighted by Crippen LogP contribution is -2.24. The molecule has 132 valence electrons. The van der Waals surface area contributed by atoms with Crippen LogP contribution in [0.15, 0.2) is 52.3 Å². The molecule has 2 aromatic rings. The van der Waals surface area contributed by atoms with Crippen molar-refractivity contribution in [1.82, 2.24) is 5.32 Å². The second-order valence-corrected chi connectivity index (χ2v) is 6.82. The molecular formula is C16H17N3O5S. The Morgan fingerprint density at radius 1 is 1.08 bits per heavy atom. The molecule has 2 aromatic carbocycles. The number of nitrogens with two attached hydrogens (primary N) is 1. The van der Waals surface area contributed by atoms with E-state index in [0.717, 1.165) is 0 Å². The van der Waals surface area contributed by atoms with Crippen LogP contribution in [0.5, 0.6) is 5.75 Å². The predicted octanol–water partition coefficient (Wildman–Crippen LogP) is 1.38. The van der Waals surface area contributed by atoms with Gasteiger partial charge in [-0.15, -0.1) is 0 Å². The Morgan fingerprint density at radius 3 is 2.36 bits per heavy atom. The summed E-state index contributed by atoms with van der Waals surface area (Å²) < 4.78 is 31.0. The molecule has 0 heterocycles. The van der Waals surface area contributed by atoms with Crippen LogP contribution in [0.1, 0.15) is 10.4 Å². The van der Waals surface area contributed by atoms with E-state index in [1.165, 1.54) is 56.6 Å². The van der Waals surface area contributed by atoms with Gasteiger partial charge in [-0.1, -0.05) is 12.1 Å². The topological polar surface area (TPSA) is 128 Å². The molecule has 0 fully saturated rings. The number of amides is 3. The Kier molecular flexibility index (Phi) is 5.28. The summed E-state index contributed by atoms with van der Waals surface area (Å²) in [4.78, 5) is 22.5. The molecule has 3 amide bonds. The number of rotatable bonds is 5. The molecule has 0 unspecified atom stereocenters.